The summed E-state index contributed by atoms with van der Waals surface area (Å²) in [6.07, 6.45) is 2.01. The summed E-state index contributed by atoms with van der Waals surface area (Å²) >= 11 is 0. The molecule has 0 aliphatic carbocycles. The average molecular weight is 320 g/mol. The third-order valence-corrected chi connectivity index (χ3v) is 5.37. The molecule has 0 unspecified atom stereocenters. The molecule has 1 N–H and O–H groups in total. The summed E-state index contributed by atoms with van der Waals surface area (Å²) in [5, 5.41) is 2.77. The zero-order valence-corrected chi connectivity index (χ0v) is 12.9. The second kappa shape index (κ2) is 5.57. The van der Waals surface area contributed by atoms with Crippen LogP contribution in [0.25, 0.3) is 11.5 Å². The van der Waals surface area contributed by atoms with E-state index in [2.05, 4.69) is 10.3 Å². The quantitative estimate of drug-likeness (QED) is 0.934. The van der Waals surface area contributed by atoms with Crippen LogP contribution < -0.4 is 5.32 Å². The van der Waals surface area contributed by atoms with Crippen LogP contribution in [0.3, 0.4) is 0 Å². The van der Waals surface area contributed by atoms with Gasteiger partial charge in [0.05, 0.1) is 23.6 Å². The average Bonchev–Trinajstić information content (AvgIpc) is 3.05. The molecule has 0 bridgehead atoms. The Morgan fingerprint density at radius 2 is 2.23 bits per heavy atom. The van der Waals surface area contributed by atoms with Crippen molar-refractivity contribution < 1.29 is 17.6 Å². The number of hydrogen-bond donors (Lipinski definition) is 1. The third kappa shape index (κ3) is 3.19. The van der Waals surface area contributed by atoms with E-state index in [1.54, 1.807) is 24.4 Å². The Labute approximate surface area is 128 Å². The Bertz CT molecular complexity index is 810. The summed E-state index contributed by atoms with van der Waals surface area (Å²) in [5.41, 5.74) is 1.35. The van der Waals surface area contributed by atoms with Crippen LogP contribution in [0.5, 0.6) is 0 Å². The summed E-state index contributed by atoms with van der Waals surface area (Å²) in [6, 6.07) is 7.13. The van der Waals surface area contributed by atoms with Crippen molar-refractivity contribution in [2.75, 3.05) is 16.8 Å². The van der Waals surface area contributed by atoms with Crippen LogP contribution in [0.15, 0.2) is 34.9 Å². The van der Waals surface area contributed by atoms with Crippen LogP contribution in [0.1, 0.15) is 12.2 Å². The van der Waals surface area contributed by atoms with Gasteiger partial charge in [-0.15, -0.1) is 0 Å². The lowest BCUT2D eigenvalue weighted by Crippen LogP contribution is -2.23. The molecule has 7 heteroatoms. The number of hydrogen-bond acceptors (Lipinski definition) is 5. The number of sulfone groups is 1. The van der Waals surface area contributed by atoms with Crippen LogP contribution in [0, 0.1) is 12.8 Å². The lowest BCUT2D eigenvalue weighted by molar-refractivity contribution is -0.119. The molecule has 1 aliphatic rings. The molecule has 2 heterocycles. The molecular formula is C15H16N2O4S. The van der Waals surface area contributed by atoms with Crippen LogP contribution >= 0.6 is 0 Å². The normalized spacial score (nSPS) is 20.0. The number of anilines is 1. The maximum Gasteiger partial charge on any atom is 0.228 e. The molecule has 1 aliphatic heterocycles. The van der Waals surface area contributed by atoms with Crippen molar-refractivity contribution in [1.29, 1.82) is 0 Å². The van der Waals surface area contributed by atoms with E-state index >= 15 is 0 Å². The molecule has 2 aromatic rings. The fraction of sp³-hybridized carbons (Fsp3) is 0.333. The molecular weight excluding hydrogens is 304 g/mol. The first-order valence-electron chi connectivity index (χ1n) is 6.97. The number of carbonyl (C=O) groups excluding carboxylic acids is 1. The van der Waals surface area contributed by atoms with Crippen LogP contribution in [0.2, 0.25) is 0 Å². The Morgan fingerprint density at radius 1 is 1.41 bits per heavy atom. The summed E-state index contributed by atoms with van der Waals surface area (Å²) in [7, 11) is -3.07. The van der Waals surface area contributed by atoms with E-state index in [1.165, 1.54) is 0 Å². The Morgan fingerprint density at radius 3 is 2.86 bits per heavy atom. The molecule has 3 rings (SSSR count). The molecule has 116 valence electrons. The summed E-state index contributed by atoms with van der Waals surface area (Å²) in [5.74, 6) is 0.468. The second-order valence-electron chi connectivity index (χ2n) is 5.45. The van der Waals surface area contributed by atoms with Crippen molar-refractivity contribution in [3.8, 4) is 11.5 Å². The highest BCUT2D eigenvalue weighted by molar-refractivity contribution is 7.91. The van der Waals surface area contributed by atoms with Crippen molar-refractivity contribution in [2.45, 2.75) is 13.3 Å². The number of rotatable bonds is 3. The van der Waals surface area contributed by atoms with Gasteiger partial charge in [-0.25, -0.2) is 13.4 Å². The van der Waals surface area contributed by atoms with E-state index in [4.69, 9.17) is 4.42 Å². The van der Waals surface area contributed by atoms with E-state index < -0.39 is 15.8 Å². The Hall–Kier alpha value is -2.15. The minimum absolute atomic E-state index is 0.0720. The number of aromatic nitrogens is 1. The van der Waals surface area contributed by atoms with Crippen LogP contribution in [0.4, 0.5) is 5.69 Å². The number of aryl methyl sites for hydroxylation is 1. The van der Waals surface area contributed by atoms with Crippen molar-refractivity contribution in [1.82, 2.24) is 4.98 Å². The summed E-state index contributed by atoms with van der Waals surface area (Å²) in [4.78, 5) is 16.3. The van der Waals surface area contributed by atoms with Crippen molar-refractivity contribution in [3.63, 3.8) is 0 Å². The number of benzene rings is 1. The molecule has 1 aromatic heterocycles. The van der Waals surface area contributed by atoms with E-state index in [0.29, 0.717) is 23.8 Å². The molecule has 22 heavy (non-hydrogen) atoms. The van der Waals surface area contributed by atoms with Gasteiger partial charge in [-0.1, -0.05) is 6.07 Å². The van der Waals surface area contributed by atoms with Gasteiger partial charge in [0.2, 0.25) is 11.8 Å². The molecule has 1 amide bonds. The second-order valence-corrected chi connectivity index (χ2v) is 7.67. The van der Waals surface area contributed by atoms with E-state index in [-0.39, 0.29) is 17.4 Å². The van der Waals surface area contributed by atoms with Gasteiger partial charge in [-0.2, -0.15) is 0 Å². The molecule has 1 atom stereocenters. The number of nitrogens with one attached hydrogen (secondary N) is 1. The highest BCUT2D eigenvalue weighted by Crippen LogP contribution is 2.24. The zero-order valence-electron chi connectivity index (χ0n) is 12.1. The Balaban J connectivity index is 1.74. The summed E-state index contributed by atoms with van der Waals surface area (Å²) in [6.45, 7) is 1.81. The van der Waals surface area contributed by atoms with Gasteiger partial charge >= 0.3 is 0 Å². The van der Waals surface area contributed by atoms with E-state index in [9.17, 15) is 13.2 Å². The minimum Gasteiger partial charge on any atom is -0.441 e. The lowest BCUT2D eigenvalue weighted by Gasteiger charge is -2.10. The number of oxazole rings is 1. The van der Waals surface area contributed by atoms with Gasteiger partial charge in [0.1, 0.15) is 5.76 Å². The third-order valence-electron chi connectivity index (χ3n) is 3.60. The molecule has 1 fully saturated rings. The highest BCUT2D eigenvalue weighted by atomic mass is 32.2. The Kier molecular flexibility index (Phi) is 3.74. The first-order valence-corrected chi connectivity index (χ1v) is 8.79. The SMILES string of the molecule is Cc1cnc(-c2cccc(NC(=O)[C@H]3CCS(=O)(=O)C3)c2)o1. The topological polar surface area (TPSA) is 89.3 Å². The molecule has 0 radical (unpaired) electrons. The highest BCUT2D eigenvalue weighted by Gasteiger charge is 2.32. The fourth-order valence-electron chi connectivity index (χ4n) is 2.46. The van der Waals surface area contributed by atoms with E-state index in [0.717, 1.165) is 5.56 Å². The molecule has 1 aromatic carbocycles. The standard InChI is InChI=1S/C15H16N2O4S/c1-10-8-16-15(21-10)11-3-2-4-13(7-11)17-14(18)12-5-6-22(19,20)9-12/h2-4,7-8,12H,5-6,9H2,1H3,(H,17,18)/t12-/m0/s1. The minimum atomic E-state index is -3.07. The monoisotopic (exact) mass is 320 g/mol. The predicted molar refractivity (Wildman–Crippen MR) is 82.1 cm³/mol. The largest absolute Gasteiger partial charge is 0.441 e. The van der Waals surface area contributed by atoms with Crippen LogP contribution in [-0.4, -0.2) is 30.8 Å². The fourth-order valence-corrected chi connectivity index (χ4v) is 4.21. The number of nitrogens with zero attached hydrogens (tertiary/aromatic N) is 1. The summed E-state index contributed by atoms with van der Waals surface area (Å²) < 4.78 is 28.3. The van der Waals surface area contributed by atoms with E-state index in [1.807, 2.05) is 13.0 Å². The zero-order chi connectivity index (χ0) is 15.7. The number of amides is 1. The smallest absolute Gasteiger partial charge is 0.228 e. The maximum atomic E-state index is 12.1. The predicted octanol–water partition coefficient (Wildman–Crippen LogP) is 2.02. The first-order chi connectivity index (χ1) is 10.4. The van der Waals surface area contributed by atoms with Crippen LogP contribution in [-0.2, 0) is 14.6 Å². The van der Waals surface area contributed by atoms with Crippen molar-refractivity contribution >= 4 is 21.4 Å². The van der Waals surface area contributed by atoms with Gasteiger partial charge in [-0.3, -0.25) is 4.79 Å². The van der Waals surface area contributed by atoms with Crippen molar-refractivity contribution in [2.24, 2.45) is 5.92 Å². The van der Waals surface area contributed by atoms with Gasteiger partial charge in [0, 0.05) is 11.3 Å². The molecule has 0 saturated carbocycles. The van der Waals surface area contributed by atoms with Gasteiger partial charge in [0.15, 0.2) is 9.84 Å². The molecule has 0 spiro atoms. The van der Waals surface area contributed by atoms with Gasteiger partial charge in [-0.05, 0) is 31.5 Å². The molecule has 1 saturated heterocycles. The lowest BCUT2D eigenvalue weighted by atomic mass is 10.1. The first kappa shape index (κ1) is 14.8. The van der Waals surface area contributed by atoms with Gasteiger partial charge < -0.3 is 9.73 Å². The molecule has 6 nitrogen and oxygen atoms in total. The number of carbonyl (C=O) groups is 1. The maximum absolute atomic E-state index is 12.1. The van der Waals surface area contributed by atoms with Gasteiger partial charge in [0.25, 0.3) is 0 Å². The van der Waals surface area contributed by atoms with Crippen molar-refractivity contribution in [3.05, 3.63) is 36.2 Å².